The fourth-order valence-corrected chi connectivity index (χ4v) is 5.55. The number of ether oxygens (including phenoxy) is 2. The van der Waals surface area contributed by atoms with Gasteiger partial charge in [0.25, 0.3) is 0 Å². The van der Waals surface area contributed by atoms with Crippen molar-refractivity contribution in [2.45, 2.75) is 70.5 Å². The second-order valence-electron chi connectivity index (χ2n) is 10.1. The molecule has 0 unspecified atom stereocenters. The predicted octanol–water partition coefficient (Wildman–Crippen LogP) is 1.11. The molecule has 2 fully saturated rings. The largest absolute Gasteiger partial charge is 0.478 e. The minimum atomic E-state index is -1.51. The summed E-state index contributed by atoms with van der Waals surface area (Å²) in [7, 11) is 1.97. The summed E-state index contributed by atoms with van der Waals surface area (Å²) >= 11 is 0. The highest BCUT2D eigenvalue weighted by molar-refractivity contribution is 5.82. The maximum absolute atomic E-state index is 11.8. The van der Waals surface area contributed by atoms with Crippen LogP contribution in [0.5, 0.6) is 0 Å². The maximum atomic E-state index is 11.8. The molecular weight excluding hydrogens is 466 g/mol. The Morgan fingerprint density at radius 2 is 2.03 bits per heavy atom. The molecular formula is C24H39N7O5. The van der Waals surface area contributed by atoms with Crippen molar-refractivity contribution in [2.75, 3.05) is 39.1 Å². The number of nitrogens with zero attached hydrogens (tertiary/aromatic N) is 5. The van der Waals surface area contributed by atoms with Gasteiger partial charge in [-0.05, 0) is 39.9 Å². The number of anilines is 1. The molecule has 2 aliphatic rings. The highest BCUT2D eigenvalue weighted by atomic mass is 16.7. The van der Waals surface area contributed by atoms with Gasteiger partial charge in [0, 0.05) is 18.4 Å². The predicted molar refractivity (Wildman–Crippen MR) is 133 cm³/mol. The fourth-order valence-electron chi connectivity index (χ4n) is 5.55. The van der Waals surface area contributed by atoms with Crippen LogP contribution in [0, 0.1) is 5.41 Å². The molecule has 2 aromatic heterocycles. The van der Waals surface area contributed by atoms with E-state index in [1.54, 1.807) is 4.57 Å². The molecule has 0 radical (unpaired) electrons. The van der Waals surface area contributed by atoms with Crippen LogP contribution in [0.25, 0.3) is 11.2 Å². The molecule has 1 aliphatic heterocycles. The summed E-state index contributed by atoms with van der Waals surface area (Å²) in [5.74, 6) is 1.32. The van der Waals surface area contributed by atoms with E-state index in [4.69, 9.17) is 20.0 Å². The third-order valence-electron chi connectivity index (χ3n) is 7.69. The second kappa shape index (κ2) is 9.75. The summed E-state index contributed by atoms with van der Waals surface area (Å²) in [6.45, 7) is 13.5. The lowest BCUT2D eigenvalue weighted by atomic mass is 10.0. The van der Waals surface area contributed by atoms with E-state index < -0.39 is 28.9 Å². The summed E-state index contributed by atoms with van der Waals surface area (Å²) in [5, 5.41) is 23.5. The van der Waals surface area contributed by atoms with Crippen molar-refractivity contribution < 1.29 is 24.5 Å². The molecule has 0 aromatic carbocycles. The maximum Gasteiger partial charge on any atom is 0.203 e. The van der Waals surface area contributed by atoms with Crippen LogP contribution in [0.4, 0.5) is 5.82 Å². The lowest BCUT2D eigenvalue weighted by Crippen LogP contribution is -2.42. The smallest absolute Gasteiger partial charge is 0.203 e. The quantitative estimate of drug-likeness (QED) is 0.176. The van der Waals surface area contributed by atoms with Crippen molar-refractivity contribution in [1.82, 2.24) is 29.9 Å². The van der Waals surface area contributed by atoms with E-state index in [9.17, 15) is 10.2 Å². The van der Waals surface area contributed by atoms with Crippen LogP contribution in [-0.4, -0.2) is 85.3 Å². The number of nitrogens with two attached hydrogens (primary N) is 1. The number of unbranched alkanes of at least 4 members (excludes halogenated alkanes) is 1. The molecule has 4 atom stereocenters. The molecule has 12 nitrogen and oxygen atoms in total. The molecule has 1 saturated heterocycles. The minimum Gasteiger partial charge on any atom is -0.478 e. The van der Waals surface area contributed by atoms with Crippen LogP contribution in [0.3, 0.4) is 0 Å². The SMILES string of the molecule is C=C(NOCCCCN(C)C[C@H]1O[C@@H](n2c(CC)nc3c(N)ncnc32)[C@@]2(O)C(C)(C)[C@@]12O)OCC. The van der Waals surface area contributed by atoms with Gasteiger partial charge in [-0.15, -0.1) is 0 Å². The van der Waals surface area contributed by atoms with Crippen molar-refractivity contribution >= 4 is 17.0 Å². The normalized spacial score (nSPS) is 28.4. The zero-order chi connectivity index (χ0) is 26.3. The number of aliphatic hydroxyl groups is 2. The number of hydrogen-bond acceptors (Lipinski definition) is 11. The Balaban J connectivity index is 1.43. The van der Waals surface area contributed by atoms with E-state index in [1.807, 2.05) is 34.7 Å². The number of rotatable bonds is 13. The van der Waals surface area contributed by atoms with Gasteiger partial charge in [-0.3, -0.25) is 9.40 Å². The standard InChI is InChI=1S/C24H39N7O5/c1-7-17-28-18-19(25)26-14-27-20(18)31(17)21-24(33)22(4,5)23(24,32)16(36-21)13-30(6)11-9-10-12-35-29-15(3)34-8-2/h14,16,21,29,32-33H,3,7-13H2,1-2,4-6H3,(H2,25,26,27)/t16-,21-,23+,24-/m1/s1. The molecule has 5 N–H and O–H groups in total. The van der Waals surface area contributed by atoms with Crippen molar-refractivity contribution in [3.05, 3.63) is 24.6 Å². The Bertz CT molecular complexity index is 1110. The molecule has 36 heavy (non-hydrogen) atoms. The lowest BCUT2D eigenvalue weighted by Gasteiger charge is -2.30. The summed E-state index contributed by atoms with van der Waals surface area (Å²) in [6.07, 6.45) is 2.18. The zero-order valence-corrected chi connectivity index (χ0v) is 21.8. The van der Waals surface area contributed by atoms with Gasteiger partial charge in [0.1, 0.15) is 29.5 Å². The van der Waals surface area contributed by atoms with Crippen LogP contribution < -0.4 is 11.2 Å². The molecule has 0 bridgehead atoms. The average molecular weight is 506 g/mol. The molecule has 3 heterocycles. The number of aryl methyl sites for hydroxylation is 1. The lowest BCUT2D eigenvalue weighted by molar-refractivity contribution is -0.117. The van der Waals surface area contributed by atoms with E-state index in [-0.39, 0.29) is 5.82 Å². The molecule has 1 aliphatic carbocycles. The molecule has 4 rings (SSSR count). The number of imidazole rings is 1. The monoisotopic (exact) mass is 505 g/mol. The fraction of sp³-hybridized carbons (Fsp3) is 0.708. The highest BCUT2D eigenvalue weighted by Crippen LogP contribution is 2.75. The van der Waals surface area contributed by atoms with Gasteiger partial charge in [0.05, 0.1) is 13.2 Å². The van der Waals surface area contributed by atoms with Crippen LogP contribution in [0.15, 0.2) is 18.8 Å². The molecule has 2 aromatic rings. The summed E-state index contributed by atoms with van der Waals surface area (Å²) in [6, 6.07) is 0. The van der Waals surface area contributed by atoms with Gasteiger partial charge < -0.3 is 30.3 Å². The van der Waals surface area contributed by atoms with Crippen molar-refractivity contribution in [1.29, 1.82) is 0 Å². The molecule has 0 amide bonds. The third-order valence-corrected chi connectivity index (χ3v) is 7.69. The van der Waals surface area contributed by atoms with E-state index >= 15 is 0 Å². The van der Waals surface area contributed by atoms with E-state index in [0.717, 1.165) is 19.4 Å². The van der Waals surface area contributed by atoms with Crippen LogP contribution >= 0.6 is 0 Å². The van der Waals surface area contributed by atoms with Crippen LogP contribution in [0.2, 0.25) is 0 Å². The first-order valence-corrected chi connectivity index (χ1v) is 12.5. The number of aromatic nitrogens is 4. The third kappa shape index (κ3) is 3.91. The Hall–Kier alpha value is -2.51. The van der Waals surface area contributed by atoms with E-state index in [0.29, 0.717) is 49.1 Å². The number of nitrogens with one attached hydrogen (secondary N) is 1. The first-order chi connectivity index (χ1) is 17.0. The van der Waals surface area contributed by atoms with Gasteiger partial charge in [-0.2, -0.15) is 0 Å². The molecule has 12 heteroatoms. The zero-order valence-electron chi connectivity index (χ0n) is 21.8. The van der Waals surface area contributed by atoms with Crippen molar-refractivity contribution in [3.8, 4) is 0 Å². The first-order valence-electron chi connectivity index (χ1n) is 12.5. The molecule has 1 saturated carbocycles. The number of nitrogen functional groups attached to an aromatic ring is 1. The van der Waals surface area contributed by atoms with Gasteiger partial charge in [0.2, 0.25) is 5.88 Å². The minimum absolute atomic E-state index is 0.265. The van der Waals surface area contributed by atoms with Gasteiger partial charge >= 0.3 is 0 Å². The number of hydrogen-bond donors (Lipinski definition) is 4. The Morgan fingerprint density at radius 3 is 2.72 bits per heavy atom. The molecule has 0 spiro atoms. The number of likely N-dealkylation sites (N-methyl/N-ethyl adjacent to an activating group) is 1. The van der Waals surface area contributed by atoms with Crippen molar-refractivity contribution in [3.63, 3.8) is 0 Å². The Kier molecular flexibility index (Phi) is 7.19. The Labute approximate surface area is 211 Å². The van der Waals surface area contributed by atoms with Crippen LogP contribution in [0.1, 0.15) is 52.6 Å². The highest BCUT2D eigenvalue weighted by Gasteiger charge is 2.92. The van der Waals surface area contributed by atoms with Gasteiger partial charge in [-0.1, -0.05) is 20.8 Å². The van der Waals surface area contributed by atoms with Gasteiger partial charge in [0.15, 0.2) is 23.2 Å². The topological polar surface area (TPSA) is 153 Å². The van der Waals surface area contributed by atoms with Crippen LogP contribution in [-0.2, 0) is 20.7 Å². The summed E-state index contributed by atoms with van der Waals surface area (Å²) < 4.78 is 13.3. The van der Waals surface area contributed by atoms with E-state index in [1.165, 1.54) is 6.33 Å². The Morgan fingerprint density at radius 1 is 1.28 bits per heavy atom. The molecule has 200 valence electrons. The second-order valence-corrected chi connectivity index (χ2v) is 10.1. The summed E-state index contributed by atoms with van der Waals surface area (Å²) in [4.78, 5) is 20.5. The van der Waals surface area contributed by atoms with Crippen molar-refractivity contribution in [2.24, 2.45) is 5.41 Å². The van der Waals surface area contributed by atoms with Gasteiger partial charge in [-0.25, -0.2) is 20.4 Å². The summed E-state index contributed by atoms with van der Waals surface area (Å²) in [5.41, 5.74) is 5.93. The van der Waals surface area contributed by atoms with E-state index in [2.05, 4.69) is 31.9 Å². The average Bonchev–Trinajstić information content (AvgIpc) is 3.12. The number of hydroxylamine groups is 1. The first kappa shape index (κ1) is 26.6. The number of fused-ring (bicyclic) bond motifs is 2.